The van der Waals surface area contributed by atoms with Crippen molar-refractivity contribution in [1.29, 1.82) is 0 Å². The second kappa shape index (κ2) is 7.39. The highest BCUT2D eigenvalue weighted by Crippen LogP contribution is 2.35. The maximum absolute atomic E-state index is 13.1. The van der Waals surface area contributed by atoms with Crippen LogP contribution in [0.4, 0.5) is 19.1 Å². The van der Waals surface area contributed by atoms with Gasteiger partial charge in [-0.05, 0) is 43.4 Å². The third-order valence-electron chi connectivity index (χ3n) is 5.17. The highest BCUT2D eigenvalue weighted by molar-refractivity contribution is 5.91. The minimum absolute atomic E-state index is 0.0850. The van der Waals surface area contributed by atoms with Gasteiger partial charge in [-0.25, -0.2) is 9.97 Å². The van der Waals surface area contributed by atoms with Gasteiger partial charge in [0, 0.05) is 6.54 Å². The zero-order valence-electron chi connectivity index (χ0n) is 16.3. The predicted octanol–water partition coefficient (Wildman–Crippen LogP) is 4.10. The molecule has 3 aromatic rings. The number of amides is 1. The molecule has 2 N–H and O–H groups in total. The second-order valence-electron chi connectivity index (χ2n) is 7.89. The number of anilines is 1. The lowest BCUT2D eigenvalue weighted by atomic mass is 9.92. The summed E-state index contributed by atoms with van der Waals surface area (Å²) in [7, 11) is 0. The van der Waals surface area contributed by atoms with E-state index in [9.17, 15) is 23.1 Å². The van der Waals surface area contributed by atoms with E-state index in [1.54, 1.807) is 24.3 Å². The molecule has 1 aliphatic rings. The molecular weight excluding hydrogens is 397 g/mol. The normalized spacial score (nSPS) is 16.4. The molecule has 0 spiro atoms. The summed E-state index contributed by atoms with van der Waals surface area (Å²) in [5.74, 6) is -0.0355. The van der Waals surface area contributed by atoms with Crippen molar-refractivity contribution in [2.45, 2.75) is 44.5 Å². The Labute approximate surface area is 170 Å². The Morgan fingerprint density at radius 2 is 1.87 bits per heavy atom. The van der Waals surface area contributed by atoms with Crippen molar-refractivity contribution in [2.24, 2.45) is 5.92 Å². The molecule has 1 aromatic carbocycles. The molecule has 158 valence electrons. The molecule has 1 atom stereocenters. The average molecular weight is 418 g/mol. The second-order valence-corrected chi connectivity index (χ2v) is 7.89. The summed E-state index contributed by atoms with van der Waals surface area (Å²) >= 11 is 0. The quantitative estimate of drug-likeness (QED) is 0.632. The van der Waals surface area contributed by atoms with Crippen LogP contribution in [-0.4, -0.2) is 25.5 Å². The molecule has 0 unspecified atom stereocenters. The zero-order chi connectivity index (χ0) is 21.5. The Morgan fingerprint density at radius 3 is 2.50 bits per heavy atom. The smallest absolute Gasteiger partial charge is 0.385 e. The number of alkyl halides is 3. The average Bonchev–Trinajstić information content (AvgIpc) is 3.43. The van der Waals surface area contributed by atoms with Crippen LogP contribution in [-0.2, 0) is 23.1 Å². The number of carbonyl (C=O) groups excluding carboxylic acids is 1. The van der Waals surface area contributed by atoms with Crippen molar-refractivity contribution in [3.05, 3.63) is 53.7 Å². The van der Waals surface area contributed by atoms with E-state index in [-0.39, 0.29) is 23.5 Å². The summed E-state index contributed by atoms with van der Waals surface area (Å²) < 4.78 is 40.8. The van der Waals surface area contributed by atoms with Crippen molar-refractivity contribution >= 4 is 23.0 Å². The molecule has 0 bridgehead atoms. The number of halogens is 3. The number of benzene rings is 1. The van der Waals surface area contributed by atoms with Crippen molar-refractivity contribution in [1.82, 2.24) is 14.5 Å². The van der Waals surface area contributed by atoms with Crippen LogP contribution in [0.2, 0.25) is 0 Å². The van der Waals surface area contributed by atoms with Crippen LogP contribution in [0, 0.1) is 5.92 Å². The molecule has 6 nitrogen and oxygen atoms in total. The molecule has 0 aliphatic heterocycles. The number of aromatic nitrogens is 3. The fraction of sp³-hybridized carbons (Fsp3) is 0.381. The number of pyridine rings is 1. The van der Waals surface area contributed by atoms with Gasteiger partial charge >= 0.3 is 6.18 Å². The standard InChI is InChI=1S/C21H21F3N4O2/c1-20(30,14-5-3-2-4-6-14)11-17(29)27-19-25-15-9-10-16(21(22,23)24)26-18(15)28(19)12-13-7-8-13/h2-6,9-10,13,30H,7-8,11-12H2,1H3,(H,25,27,29)/t20-/m0/s1. The minimum Gasteiger partial charge on any atom is -0.385 e. The zero-order valence-corrected chi connectivity index (χ0v) is 16.3. The Balaban J connectivity index is 1.62. The third-order valence-corrected chi connectivity index (χ3v) is 5.17. The Hall–Kier alpha value is -2.94. The number of hydrogen-bond acceptors (Lipinski definition) is 4. The van der Waals surface area contributed by atoms with Gasteiger partial charge in [-0.3, -0.25) is 14.7 Å². The highest BCUT2D eigenvalue weighted by Gasteiger charge is 2.34. The van der Waals surface area contributed by atoms with Crippen molar-refractivity contribution < 1.29 is 23.1 Å². The Bertz CT molecular complexity index is 1070. The van der Waals surface area contributed by atoms with E-state index in [0.717, 1.165) is 18.9 Å². The van der Waals surface area contributed by atoms with E-state index in [1.165, 1.54) is 17.6 Å². The van der Waals surface area contributed by atoms with E-state index in [1.807, 2.05) is 6.07 Å². The predicted molar refractivity (Wildman–Crippen MR) is 105 cm³/mol. The van der Waals surface area contributed by atoms with Crippen LogP contribution >= 0.6 is 0 Å². The van der Waals surface area contributed by atoms with Gasteiger partial charge in [-0.2, -0.15) is 13.2 Å². The molecule has 0 radical (unpaired) electrons. The van der Waals surface area contributed by atoms with Gasteiger partial charge < -0.3 is 5.11 Å². The highest BCUT2D eigenvalue weighted by atomic mass is 19.4. The maximum atomic E-state index is 13.1. The van der Waals surface area contributed by atoms with E-state index in [2.05, 4.69) is 15.3 Å². The molecule has 1 fully saturated rings. The molecule has 2 aromatic heterocycles. The number of imidazole rings is 1. The maximum Gasteiger partial charge on any atom is 0.433 e. The topological polar surface area (TPSA) is 80.0 Å². The van der Waals surface area contributed by atoms with E-state index in [0.29, 0.717) is 18.0 Å². The number of fused-ring (bicyclic) bond motifs is 1. The van der Waals surface area contributed by atoms with Gasteiger partial charge in [0.2, 0.25) is 11.9 Å². The van der Waals surface area contributed by atoms with Crippen molar-refractivity contribution in [2.75, 3.05) is 5.32 Å². The van der Waals surface area contributed by atoms with E-state index < -0.39 is 23.4 Å². The van der Waals surface area contributed by atoms with Gasteiger partial charge in [-0.15, -0.1) is 0 Å². The molecule has 1 saturated carbocycles. The van der Waals surface area contributed by atoms with Crippen LogP contribution in [0.5, 0.6) is 0 Å². The first-order valence-corrected chi connectivity index (χ1v) is 9.66. The number of carbonyl (C=O) groups is 1. The van der Waals surface area contributed by atoms with E-state index >= 15 is 0 Å². The first-order valence-electron chi connectivity index (χ1n) is 9.66. The van der Waals surface area contributed by atoms with E-state index in [4.69, 9.17) is 0 Å². The summed E-state index contributed by atoms with van der Waals surface area (Å²) in [6.07, 6.45) is -2.87. The monoisotopic (exact) mass is 418 g/mol. The summed E-state index contributed by atoms with van der Waals surface area (Å²) in [4.78, 5) is 20.7. The first-order chi connectivity index (χ1) is 14.1. The lowest BCUT2D eigenvalue weighted by Crippen LogP contribution is -2.29. The van der Waals surface area contributed by atoms with Crippen LogP contribution < -0.4 is 5.32 Å². The number of hydrogen-bond donors (Lipinski definition) is 2. The van der Waals surface area contributed by atoms with Crippen LogP contribution in [0.15, 0.2) is 42.5 Å². The van der Waals surface area contributed by atoms with Gasteiger partial charge in [0.1, 0.15) is 11.2 Å². The molecule has 1 aliphatic carbocycles. The SMILES string of the molecule is C[C@](O)(CC(=O)Nc1nc2ccc(C(F)(F)F)nc2n1CC1CC1)c1ccccc1. The van der Waals surface area contributed by atoms with Crippen LogP contribution in [0.25, 0.3) is 11.2 Å². The van der Waals surface area contributed by atoms with Gasteiger partial charge in [0.15, 0.2) is 5.65 Å². The largest absolute Gasteiger partial charge is 0.433 e. The number of nitrogens with one attached hydrogen (secondary N) is 1. The summed E-state index contributed by atoms with van der Waals surface area (Å²) in [6, 6.07) is 10.9. The molecule has 2 heterocycles. The molecule has 4 rings (SSSR count). The van der Waals surface area contributed by atoms with Gasteiger partial charge in [0.25, 0.3) is 0 Å². The molecule has 1 amide bonds. The van der Waals surface area contributed by atoms with Gasteiger partial charge in [-0.1, -0.05) is 30.3 Å². The number of rotatable bonds is 6. The fourth-order valence-corrected chi connectivity index (χ4v) is 3.37. The minimum atomic E-state index is -4.57. The lowest BCUT2D eigenvalue weighted by Gasteiger charge is -2.23. The summed E-state index contributed by atoms with van der Waals surface area (Å²) in [6.45, 7) is 1.96. The molecule has 30 heavy (non-hydrogen) atoms. The molecule has 0 saturated heterocycles. The number of nitrogens with zero attached hydrogens (tertiary/aromatic N) is 3. The Morgan fingerprint density at radius 1 is 1.17 bits per heavy atom. The Kier molecular flexibility index (Phi) is 5.01. The number of aliphatic hydroxyl groups is 1. The van der Waals surface area contributed by atoms with Crippen molar-refractivity contribution in [3.63, 3.8) is 0 Å². The molecule has 9 heteroatoms. The van der Waals surface area contributed by atoms with Crippen LogP contribution in [0.1, 0.15) is 37.4 Å². The van der Waals surface area contributed by atoms with Crippen molar-refractivity contribution in [3.8, 4) is 0 Å². The first kappa shape index (κ1) is 20.3. The van der Waals surface area contributed by atoms with Crippen LogP contribution in [0.3, 0.4) is 0 Å². The third kappa shape index (κ3) is 4.30. The summed E-state index contributed by atoms with van der Waals surface area (Å²) in [5, 5.41) is 13.3. The van der Waals surface area contributed by atoms with Gasteiger partial charge in [0.05, 0.1) is 12.0 Å². The molecular formula is C21H21F3N4O2. The fourth-order valence-electron chi connectivity index (χ4n) is 3.37. The summed E-state index contributed by atoms with van der Waals surface area (Å²) in [5.41, 5.74) is -1.46. The lowest BCUT2D eigenvalue weighted by molar-refractivity contribution is -0.141.